The molecule has 1 fully saturated rings. The predicted molar refractivity (Wildman–Crippen MR) is 62.5 cm³/mol. The van der Waals surface area contributed by atoms with E-state index in [-0.39, 0.29) is 12.4 Å². The van der Waals surface area contributed by atoms with E-state index in [0.29, 0.717) is 6.04 Å². The molecule has 80 valence electrons. The molecule has 0 spiro atoms. The van der Waals surface area contributed by atoms with Gasteiger partial charge >= 0.3 is 0 Å². The van der Waals surface area contributed by atoms with Crippen LogP contribution in [-0.2, 0) is 11.2 Å². The third-order valence-corrected chi connectivity index (χ3v) is 3.64. The molecule has 1 saturated heterocycles. The number of thiophene rings is 1. The molecule has 4 heteroatoms. The Bertz CT molecular complexity index is 271. The predicted octanol–water partition coefficient (Wildman–Crippen LogP) is 2.39. The smallest absolute Gasteiger partial charge is 0.0670 e. The maximum Gasteiger partial charge on any atom is 0.0670 e. The van der Waals surface area contributed by atoms with E-state index in [1.54, 1.807) is 0 Å². The first kappa shape index (κ1) is 12.0. The van der Waals surface area contributed by atoms with Gasteiger partial charge in [0.25, 0.3) is 0 Å². The van der Waals surface area contributed by atoms with Gasteiger partial charge in [0.05, 0.1) is 19.3 Å². The molecule has 1 atom stereocenters. The van der Waals surface area contributed by atoms with Gasteiger partial charge in [-0.3, -0.25) is 0 Å². The summed E-state index contributed by atoms with van der Waals surface area (Å²) in [6, 6.07) is 4.87. The lowest BCUT2D eigenvalue weighted by Crippen LogP contribution is -2.33. The first-order valence-electron chi connectivity index (χ1n) is 4.80. The quantitative estimate of drug-likeness (QED) is 0.847. The van der Waals surface area contributed by atoms with Gasteiger partial charge in [-0.05, 0) is 18.6 Å². The third kappa shape index (κ3) is 2.70. The highest BCUT2D eigenvalue weighted by Crippen LogP contribution is 2.24. The summed E-state index contributed by atoms with van der Waals surface area (Å²) >= 11 is 1.90. The Hall–Kier alpha value is -0.0900. The second-order valence-electron chi connectivity index (χ2n) is 3.24. The maximum absolute atomic E-state index is 5.42. The van der Waals surface area contributed by atoms with Crippen molar-refractivity contribution in [2.75, 3.05) is 19.8 Å². The van der Waals surface area contributed by atoms with E-state index in [9.17, 15) is 0 Å². The summed E-state index contributed by atoms with van der Waals surface area (Å²) < 4.78 is 5.42. The Kier molecular flexibility index (Phi) is 4.89. The number of aryl methyl sites for hydroxylation is 1. The molecular weight excluding hydrogens is 218 g/mol. The molecule has 0 aliphatic carbocycles. The Morgan fingerprint density at radius 3 is 3.00 bits per heavy atom. The van der Waals surface area contributed by atoms with E-state index < -0.39 is 0 Å². The Morgan fingerprint density at radius 2 is 2.43 bits per heavy atom. The Morgan fingerprint density at radius 1 is 1.57 bits per heavy atom. The number of rotatable bonds is 2. The van der Waals surface area contributed by atoms with E-state index >= 15 is 0 Å². The highest BCUT2D eigenvalue weighted by Gasteiger charge is 2.16. The molecule has 1 aromatic rings. The fourth-order valence-electron chi connectivity index (χ4n) is 1.52. The van der Waals surface area contributed by atoms with Crippen LogP contribution in [0.25, 0.3) is 0 Å². The van der Waals surface area contributed by atoms with Crippen LogP contribution in [-0.4, -0.2) is 19.8 Å². The molecule has 0 unspecified atom stereocenters. The molecule has 0 radical (unpaired) electrons. The molecule has 0 saturated carbocycles. The van der Waals surface area contributed by atoms with E-state index in [1.807, 2.05) is 11.3 Å². The van der Waals surface area contributed by atoms with Gasteiger partial charge in [0.1, 0.15) is 0 Å². The molecule has 1 aromatic heterocycles. The average Bonchev–Trinajstić information content (AvgIpc) is 2.67. The molecule has 2 nitrogen and oxygen atoms in total. The molecule has 0 aromatic carbocycles. The fraction of sp³-hybridized carbons (Fsp3) is 0.600. The first-order valence-corrected chi connectivity index (χ1v) is 5.61. The lowest BCUT2D eigenvalue weighted by atomic mass is 10.2. The van der Waals surface area contributed by atoms with Gasteiger partial charge in [-0.25, -0.2) is 0 Å². The first-order chi connectivity index (χ1) is 6.40. The minimum absolute atomic E-state index is 0. The maximum atomic E-state index is 5.42. The fourth-order valence-corrected chi connectivity index (χ4v) is 2.53. The van der Waals surface area contributed by atoms with Gasteiger partial charge in [0.15, 0.2) is 0 Å². The summed E-state index contributed by atoms with van der Waals surface area (Å²) in [6.45, 7) is 4.84. The molecule has 1 N–H and O–H groups in total. The van der Waals surface area contributed by atoms with Crippen LogP contribution in [0.15, 0.2) is 12.1 Å². The van der Waals surface area contributed by atoms with Crippen LogP contribution in [0.4, 0.5) is 0 Å². The van der Waals surface area contributed by atoms with Gasteiger partial charge in [0, 0.05) is 16.3 Å². The van der Waals surface area contributed by atoms with Crippen LogP contribution in [0.2, 0.25) is 0 Å². The summed E-state index contributed by atoms with van der Waals surface area (Å²) in [7, 11) is 0. The molecule has 2 heterocycles. The summed E-state index contributed by atoms with van der Waals surface area (Å²) in [5.74, 6) is 0. The van der Waals surface area contributed by atoms with Crippen LogP contribution in [0.1, 0.15) is 22.7 Å². The highest BCUT2D eigenvalue weighted by molar-refractivity contribution is 7.12. The van der Waals surface area contributed by atoms with Crippen molar-refractivity contribution < 1.29 is 4.74 Å². The zero-order valence-corrected chi connectivity index (χ0v) is 9.92. The molecule has 0 amide bonds. The number of hydrogen-bond donors (Lipinski definition) is 1. The molecule has 2 rings (SSSR count). The zero-order chi connectivity index (χ0) is 9.10. The Balaban J connectivity index is 0.000000980. The van der Waals surface area contributed by atoms with Crippen molar-refractivity contribution in [1.82, 2.24) is 5.32 Å². The molecule has 1 aliphatic rings. The third-order valence-electron chi connectivity index (χ3n) is 2.30. The minimum Gasteiger partial charge on any atom is -0.378 e. The van der Waals surface area contributed by atoms with E-state index in [1.165, 1.54) is 9.75 Å². The van der Waals surface area contributed by atoms with Crippen LogP contribution < -0.4 is 5.32 Å². The van der Waals surface area contributed by atoms with Crippen molar-refractivity contribution in [1.29, 1.82) is 0 Å². The van der Waals surface area contributed by atoms with Gasteiger partial charge in [-0.15, -0.1) is 23.7 Å². The second-order valence-corrected chi connectivity index (χ2v) is 4.44. The monoisotopic (exact) mass is 233 g/mol. The SMILES string of the molecule is CCc1ccc([C@H]2COCCN2)s1.Cl. The van der Waals surface area contributed by atoms with Crippen LogP contribution in [0, 0.1) is 0 Å². The van der Waals surface area contributed by atoms with Crippen molar-refractivity contribution in [2.24, 2.45) is 0 Å². The molecule has 14 heavy (non-hydrogen) atoms. The van der Waals surface area contributed by atoms with Crippen molar-refractivity contribution in [3.63, 3.8) is 0 Å². The van der Waals surface area contributed by atoms with E-state index in [4.69, 9.17) is 4.74 Å². The normalized spacial score (nSPS) is 21.6. The van der Waals surface area contributed by atoms with Crippen molar-refractivity contribution in [3.05, 3.63) is 21.9 Å². The highest BCUT2D eigenvalue weighted by atomic mass is 35.5. The largest absolute Gasteiger partial charge is 0.378 e. The van der Waals surface area contributed by atoms with Crippen molar-refractivity contribution in [2.45, 2.75) is 19.4 Å². The number of ether oxygens (including phenoxy) is 1. The minimum atomic E-state index is 0. The summed E-state index contributed by atoms with van der Waals surface area (Å²) in [5.41, 5.74) is 0. The zero-order valence-electron chi connectivity index (χ0n) is 8.29. The number of nitrogens with one attached hydrogen (secondary N) is 1. The Labute approximate surface area is 95.1 Å². The molecule has 0 bridgehead atoms. The number of morpholine rings is 1. The van der Waals surface area contributed by atoms with Crippen LogP contribution >= 0.6 is 23.7 Å². The standard InChI is InChI=1S/C10H15NOS.ClH/c1-2-8-3-4-10(13-8)9-7-12-6-5-11-9;/h3-4,9,11H,2,5-7H2,1H3;1H/t9-;/m1./s1. The van der Waals surface area contributed by atoms with Gasteiger partial charge in [0.2, 0.25) is 0 Å². The second kappa shape index (κ2) is 5.71. The van der Waals surface area contributed by atoms with Crippen molar-refractivity contribution in [3.8, 4) is 0 Å². The topological polar surface area (TPSA) is 21.3 Å². The molecular formula is C10H16ClNOS. The molecule has 1 aliphatic heterocycles. The summed E-state index contributed by atoms with van der Waals surface area (Å²) in [6.07, 6.45) is 1.14. The van der Waals surface area contributed by atoms with E-state index in [2.05, 4.69) is 24.4 Å². The lowest BCUT2D eigenvalue weighted by molar-refractivity contribution is 0.0779. The van der Waals surface area contributed by atoms with Crippen molar-refractivity contribution >= 4 is 23.7 Å². The van der Waals surface area contributed by atoms with Gasteiger partial charge in [-0.2, -0.15) is 0 Å². The summed E-state index contributed by atoms with van der Waals surface area (Å²) in [4.78, 5) is 2.87. The number of hydrogen-bond acceptors (Lipinski definition) is 3. The lowest BCUT2D eigenvalue weighted by Gasteiger charge is -2.22. The van der Waals surface area contributed by atoms with Gasteiger partial charge < -0.3 is 10.1 Å². The van der Waals surface area contributed by atoms with Crippen LogP contribution in [0.3, 0.4) is 0 Å². The average molecular weight is 234 g/mol. The van der Waals surface area contributed by atoms with E-state index in [0.717, 1.165) is 26.2 Å². The van der Waals surface area contributed by atoms with Gasteiger partial charge in [-0.1, -0.05) is 6.92 Å². The number of halogens is 1. The van der Waals surface area contributed by atoms with Crippen LogP contribution in [0.5, 0.6) is 0 Å². The summed E-state index contributed by atoms with van der Waals surface area (Å²) in [5, 5.41) is 3.46.